The number of carbonyl (C=O) groups excluding carboxylic acids is 1. The van der Waals surface area contributed by atoms with Gasteiger partial charge in [-0.3, -0.25) is 0 Å². The Kier molecular flexibility index (Phi) is 7.79. The van der Waals surface area contributed by atoms with Crippen molar-refractivity contribution in [1.82, 2.24) is 14.8 Å². The minimum absolute atomic E-state index is 0.324. The average molecular weight is 431 g/mol. The number of nitrogens with zero attached hydrogens (tertiary/aromatic N) is 3. The maximum absolute atomic E-state index is 13.0. The van der Waals surface area contributed by atoms with Crippen molar-refractivity contribution in [2.75, 3.05) is 24.3 Å². The van der Waals surface area contributed by atoms with Crippen molar-refractivity contribution >= 4 is 23.7 Å². The van der Waals surface area contributed by atoms with Crippen molar-refractivity contribution in [2.24, 2.45) is 0 Å². The minimum Gasteiger partial charge on any atom is -0.494 e. The van der Waals surface area contributed by atoms with Crippen molar-refractivity contribution in [3.05, 3.63) is 41.1 Å². The molecule has 1 atom stereocenters. The number of fused-ring (bicyclic) bond motifs is 1. The van der Waals surface area contributed by atoms with E-state index in [0.717, 1.165) is 42.0 Å². The van der Waals surface area contributed by atoms with Gasteiger partial charge in [0.15, 0.2) is 0 Å². The van der Waals surface area contributed by atoms with Crippen LogP contribution in [0.1, 0.15) is 58.6 Å². The first-order chi connectivity index (χ1) is 14.6. The number of rotatable bonds is 10. The zero-order chi connectivity index (χ0) is 21.5. The molecule has 30 heavy (non-hydrogen) atoms. The topological polar surface area (TPSA) is 78.3 Å². The molecular formula is C22H30N4O3S. The number of nitrogens with one attached hydrogen (secondary N) is 1. The van der Waals surface area contributed by atoms with Crippen LogP contribution in [0.5, 0.6) is 5.75 Å². The number of anilines is 1. The molecule has 0 radical (unpaired) electrons. The van der Waals surface area contributed by atoms with Crippen LogP contribution in [0.4, 0.5) is 5.95 Å². The van der Waals surface area contributed by atoms with Gasteiger partial charge in [0.1, 0.15) is 11.8 Å². The fraction of sp³-hybridized carbons (Fsp3) is 0.500. The molecule has 1 N–H and O–H groups in total. The number of benzene rings is 1. The lowest BCUT2D eigenvalue weighted by Crippen LogP contribution is -2.29. The molecule has 2 aromatic rings. The standard InChI is InChI=1S/C22H30N4O3S/c1-5-8-14-29-20(27)18-15(4)23-21-24-22(30-7-3)25-26(21)19(18)16-9-11-17(12-10-16)28-13-6-2/h9-12,19H,5-8,13-14H2,1-4H3,(H,23,24,25). The van der Waals surface area contributed by atoms with E-state index in [1.165, 1.54) is 0 Å². The second kappa shape index (κ2) is 10.5. The first-order valence-corrected chi connectivity index (χ1v) is 11.5. The summed E-state index contributed by atoms with van der Waals surface area (Å²) in [5, 5.41) is 8.58. The van der Waals surface area contributed by atoms with Gasteiger partial charge in [-0.1, -0.05) is 51.1 Å². The quantitative estimate of drug-likeness (QED) is 0.329. The number of hydrogen-bond donors (Lipinski definition) is 1. The largest absolute Gasteiger partial charge is 0.494 e. The first kappa shape index (κ1) is 22.2. The van der Waals surface area contributed by atoms with E-state index < -0.39 is 6.04 Å². The van der Waals surface area contributed by atoms with Gasteiger partial charge in [-0.15, -0.1) is 5.10 Å². The molecule has 162 valence electrons. The van der Waals surface area contributed by atoms with Crippen molar-refractivity contribution in [3.63, 3.8) is 0 Å². The van der Waals surface area contributed by atoms with Crippen LogP contribution >= 0.6 is 11.8 Å². The summed E-state index contributed by atoms with van der Waals surface area (Å²) in [6.45, 7) is 9.17. The van der Waals surface area contributed by atoms with Gasteiger partial charge in [0.05, 0.1) is 18.8 Å². The van der Waals surface area contributed by atoms with Crippen molar-refractivity contribution in [1.29, 1.82) is 0 Å². The van der Waals surface area contributed by atoms with Gasteiger partial charge in [-0.25, -0.2) is 9.48 Å². The third kappa shape index (κ3) is 4.98. The summed E-state index contributed by atoms with van der Waals surface area (Å²) < 4.78 is 13.1. The Labute approximate surface area is 182 Å². The fourth-order valence-electron chi connectivity index (χ4n) is 3.25. The number of ether oxygens (including phenoxy) is 2. The summed E-state index contributed by atoms with van der Waals surface area (Å²) in [6.07, 6.45) is 2.76. The van der Waals surface area contributed by atoms with Crippen LogP contribution in [-0.2, 0) is 9.53 Å². The fourth-order valence-corrected chi connectivity index (χ4v) is 3.80. The molecule has 0 aliphatic carbocycles. The number of esters is 1. The van der Waals surface area contributed by atoms with Crippen LogP contribution in [0.2, 0.25) is 0 Å². The van der Waals surface area contributed by atoms with Crippen LogP contribution < -0.4 is 10.1 Å². The second-order valence-electron chi connectivity index (χ2n) is 7.07. The number of thioether (sulfide) groups is 1. The van der Waals surface area contributed by atoms with E-state index in [2.05, 4.69) is 36.2 Å². The summed E-state index contributed by atoms with van der Waals surface area (Å²) in [5.74, 6) is 1.99. The molecule has 3 rings (SSSR count). The summed E-state index contributed by atoms with van der Waals surface area (Å²) >= 11 is 1.57. The first-order valence-electron chi connectivity index (χ1n) is 10.6. The maximum atomic E-state index is 13.0. The number of allylic oxidation sites excluding steroid dienone is 1. The highest BCUT2D eigenvalue weighted by molar-refractivity contribution is 7.99. The van der Waals surface area contributed by atoms with Gasteiger partial charge in [0.25, 0.3) is 0 Å². The third-order valence-corrected chi connectivity index (χ3v) is 5.45. The molecule has 1 aliphatic heterocycles. The summed E-state index contributed by atoms with van der Waals surface area (Å²) in [6, 6.07) is 7.41. The summed E-state index contributed by atoms with van der Waals surface area (Å²) in [5.41, 5.74) is 2.22. The van der Waals surface area contributed by atoms with Gasteiger partial charge in [0.2, 0.25) is 11.1 Å². The van der Waals surface area contributed by atoms with Crippen molar-refractivity contribution in [2.45, 2.75) is 58.2 Å². The maximum Gasteiger partial charge on any atom is 0.338 e. The minimum atomic E-state index is -0.408. The van der Waals surface area contributed by atoms with Crippen LogP contribution in [0, 0.1) is 0 Å². The molecule has 1 unspecified atom stereocenters. The third-order valence-electron chi connectivity index (χ3n) is 4.73. The van der Waals surface area contributed by atoms with E-state index in [9.17, 15) is 4.79 Å². The smallest absolute Gasteiger partial charge is 0.338 e. The van der Waals surface area contributed by atoms with Gasteiger partial charge in [-0.2, -0.15) is 4.98 Å². The zero-order valence-electron chi connectivity index (χ0n) is 18.1. The van der Waals surface area contributed by atoms with Crippen LogP contribution in [0.3, 0.4) is 0 Å². The molecule has 0 fully saturated rings. The number of carbonyl (C=O) groups is 1. The van der Waals surface area contributed by atoms with Crippen molar-refractivity contribution in [3.8, 4) is 5.75 Å². The molecule has 0 bridgehead atoms. The predicted octanol–water partition coefficient (Wildman–Crippen LogP) is 4.81. The molecule has 8 heteroatoms. The molecule has 0 spiro atoms. The Morgan fingerprint density at radius 2 is 1.93 bits per heavy atom. The highest BCUT2D eigenvalue weighted by atomic mass is 32.2. The van der Waals surface area contributed by atoms with Crippen LogP contribution in [0.25, 0.3) is 0 Å². The number of hydrogen-bond acceptors (Lipinski definition) is 7. The molecule has 0 saturated carbocycles. The van der Waals surface area contributed by atoms with Gasteiger partial charge >= 0.3 is 5.97 Å². The Morgan fingerprint density at radius 1 is 1.17 bits per heavy atom. The SMILES string of the molecule is CCCCOC(=O)C1=C(C)Nc2nc(SCC)nn2C1c1ccc(OCCC)cc1. The highest BCUT2D eigenvalue weighted by Gasteiger charge is 2.35. The lowest BCUT2D eigenvalue weighted by atomic mass is 9.96. The van der Waals surface area contributed by atoms with Crippen LogP contribution in [-0.4, -0.2) is 39.7 Å². The van der Waals surface area contributed by atoms with E-state index in [4.69, 9.17) is 9.47 Å². The Balaban J connectivity index is 1.98. The highest BCUT2D eigenvalue weighted by Crippen LogP contribution is 2.37. The van der Waals surface area contributed by atoms with E-state index >= 15 is 0 Å². The van der Waals surface area contributed by atoms with Gasteiger partial charge < -0.3 is 14.8 Å². The Bertz CT molecular complexity index is 892. The Morgan fingerprint density at radius 3 is 2.60 bits per heavy atom. The van der Waals surface area contributed by atoms with E-state index in [0.29, 0.717) is 29.9 Å². The Hall–Kier alpha value is -2.48. The molecule has 1 aliphatic rings. The van der Waals surface area contributed by atoms with E-state index in [1.54, 1.807) is 16.4 Å². The number of aromatic nitrogens is 3. The monoisotopic (exact) mass is 430 g/mol. The zero-order valence-corrected chi connectivity index (χ0v) is 18.9. The normalized spacial score (nSPS) is 15.5. The molecule has 0 saturated heterocycles. The molecule has 0 amide bonds. The van der Waals surface area contributed by atoms with Crippen LogP contribution in [0.15, 0.2) is 40.7 Å². The lowest BCUT2D eigenvalue weighted by Gasteiger charge is -2.28. The second-order valence-corrected chi connectivity index (χ2v) is 8.30. The molecule has 7 nitrogen and oxygen atoms in total. The molecule has 2 heterocycles. The van der Waals surface area contributed by atoms with E-state index in [1.807, 2.05) is 31.2 Å². The van der Waals surface area contributed by atoms with E-state index in [-0.39, 0.29) is 5.97 Å². The average Bonchev–Trinajstić information content (AvgIpc) is 3.14. The summed E-state index contributed by atoms with van der Waals surface area (Å²) in [4.78, 5) is 17.6. The lowest BCUT2D eigenvalue weighted by molar-refractivity contribution is -0.139. The van der Waals surface area contributed by atoms with Crippen molar-refractivity contribution < 1.29 is 14.3 Å². The molecule has 1 aromatic heterocycles. The van der Waals surface area contributed by atoms with Gasteiger partial charge in [0, 0.05) is 5.70 Å². The summed E-state index contributed by atoms with van der Waals surface area (Å²) in [7, 11) is 0. The molecular weight excluding hydrogens is 400 g/mol. The predicted molar refractivity (Wildman–Crippen MR) is 119 cm³/mol. The van der Waals surface area contributed by atoms with Gasteiger partial charge in [-0.05, 0) is 43.2 Å². The molecule has 1 aromatic carbocycles. The number of unbranched alkanes of at least 4 members (excludes halogenated alkanes) is 1.